The molecular formula is C10H10Br2N2O3. The van der Waals surface area contributed by atoms with Crippen molar-refractivity contribution in [3.63, 3.8) is 0 Å². The molecule has 1 amide bonds. The standard InChI is InChI=1S/C10H10Br2N2O3/c1-13(3-2-11)10(15)7-4-8(12)6-9(5-7)14(16)17/h4-6H,2-3H2,1H3. The highest BCUT2D eigenvalue weighted by Gasteiger charge is 2.16. The van der Waals surface area contributed by atoms with E-state index in [1.165, 1.54) is 17.0 Å². The fourth-order valence-electron chi connectivity index (χ4n) is 1.25. The lowest BCUT2D eigenvalue weighted by atomic mass is 10.2. The molecular weight excluding hydrogens is 356 g/mol. The zero-order chi connectivity index (χ0) is 13.0. The van der Waals surface area contributed by atoms with E-state index in [0.717, 1.165) is 0 Å². The van der Waals surface area contributed by atoms with E-state index in [9.17, 15) is 14.9 Å². The van der Waals surface area contributed by atoms with Crippen molar-refractivity contribution in [2.75, 3.05) is 18.9 Å². The Labute approximate surface area is 115 Å². The van der Waals surface area contributed by atoms with Crippen molar-refractivity contribution in [3.8, 4) is 0 Å². The second-order valence-corrected chi connectivity index (χ2v) is 5.08. The molecule has 0 aliphatic rings. The van der Waals surface area contributed by atoms with Gasteiger partial charge in [-0.05, 0) is 6.07 Å². The molecule has 0 fully saturated rings. The predicted octanol–water partition coefficient (Wildman–Crippen LogP) is 2.82. The van der Waals surface area contributed by atoms with E-state index in [1.807, 2.05) is 0 Å². The van der Waals surface area contributed by atoms with E-state index in [0.29, 0.717) is 21.9 Å². The molecule has 0 aliphatic heterocycles. The van der Waals surface area contributed by atoms with E-state index in [-0.39, 0.29) is 11.6 Å². The minimum absolute atomic E-state index is 0.102. The lowest BCUT2D eigenvalue weighted by molar-refractivity contribution is -0.385. The molecule has 0 aromatic heterocycles. The molecule has 1 aromatic carbocycles. The number of nitro groups is 1. The zero-order valence-corrected chi connectivity index (χ0v) is 12.2. The van der Waals surface area contributed by atoms with E-state index in [2.05, 4.69) is 31.9 Å². The molecule has 0 atom stereocenters. The quantitative estimate of drug-likeness (QED) is 0.468. The van der Waals surface area contributed by atoms with Crippen LogP contribution in [-0.2, 0) is 0 Å². The van der Waals surface area contributed by atoms with Crippen molar-refractivity contribution in [2.45, 2.75) is 0 Å². The molecule has 0 N–H and O–H groups in total. The molecule has 0 aliphatic carbocycles. The van der Waals surface area contributed by atoms with E-state index < -0.39 is 4.92 Å². The molecule has 1 aromatic rings. The third-order valence-corrected chi connectivity index (χ3v) is 2.92. The van der Waals surface area contributed by atoms with Crippen LogP contribution in [0.5, 0.6) is 0 Å². The van der Waals surface area contributed by atoms with Gasteiger partial charge in [-0.15, -0.1) is 0 Å². The third-order valence-electron chi connectivity index (χ3n) is 2.11. The molecule has 17 heavy (non-hydrogen) atoms. The van der Waals surface area contributed by atoms with Crippen LogP contribution in [0.1, 0.15) is 10.4 Å². The molecule has 7 heteroatoms. The van der Waals surface area contributed by atoms with Gasteiger partial charge in [-0.1, -0.05) is 31.9 Å². The fourth-order valence-corrected chi connectivity index (χ4v) is 2.26. The van der Waals surface area contributed by atoms with Gasteiger partial charge in [-0.2, -0.15) is 0 Å². The number of nitrogens with zero attached hydrogens (tertiary/aromatic N) is 2. The number of non-ortho nitro benzene ring substituents is 1. The topological polar surface area (TPSA) is 63.5 Å². The predicted molar refractivity (Wildman–Crippen MR) is 71.6 cm³/mol. The summed E-state index contributed by atoms with van der Waals surface area (Å²) in [6.45, 7) is 0.541. The first-order valence-corrected chi connectivity index (χ1v) is 6.63. The smallest absolute Gasteiger partial charge is 0.271 e. The first-order valence-electron chi connectivity index (χ1n) is 4.72. The number of alkyl halides is 1. The van der Waals surface area contributed by atoms with Crippen molar-refractivity contribution in [1.29, 1.82) is 0 Å². The summed E-state index contributed by atoms with van der Waals surface area (Å²) in [5, 5.41) is 11.3. The molecule has 92 valence electrons. The SMILES string of the molecule is CN(CCBr)C(=O)c1cc(Br)cc([N+](=O)[O-])c1. The molecule has 0 heterocycles. The maximum atomic E-state index is 11.9. The van der Waals surface area contributed by atoms with Crippen LogP contribution in [0.15, 0.2) is 22.7 Å². The Morgan fingerprint density at radius 2 is 2.12 bits per heavy atom. The highest BCUT2D eigenvalue weighted by Crippen LogP contribution is 2.22. The van der Waals surface area contributed by atoms with Crippen LogP contribution >= 0.6 is 31.9 Å². The summed E-state index contributed by atoms with van der Waals surface area (Å²) < 4.78 is 0.516. The van der Waals surface area contributed by atoms with Gasteiger partial charge in [-0.25, -0.2) is 0 Å². The minimum atomic E-state index is -0.522. The van der Waals surface area contributed by atoms with Gasteiger partial charge in [0.05, 0.1) is 4.92 Å². The van der Waals surface area contributed by atoms with Gasteiger partial charge in [0.15, 0.2) is 0 Å². The van der Waals surface area contributed by atoms with Gasteiger partial charge in [0.2, 0.25) is 0 Å². The largest absolute Gasteiger partial charge is 0.341 e. The zero-order valence-electron chi connectivity index (χ0n) is 9.02. The number of hydrogen-bond acceptors (Lipinski definition) is 3. The highest BCUT2D eigenvalue weighted by molar-refractivity contribution is 9.10. The molecule has 5 nitrogen and oxygen atoms in total. The Kier molecular flexibility index (Phi) is 5.07. The monoisotopic (exact) mass is 364 g/mol. The number of rotatable bonds is 4. The summed E-state index contributed by atoms with van der Waals surface area (Å²) in [7, 11) is 1.65. The first kappa shape index (κ1) is 14.1. The second-order valence-electron chi connectivity index (χ2n) is 3.37. The lowest BCUT2D eigenvalue weighted by Gasteiger charge is -2.15. The molecule has 0 spiro atoms. The van der Waals surface area contributed by atoms with Crippen LogP contribution in [-0.4, -0.2) is 34.7 Å². The Bertz CT molecular complexity index is 451. The molecule has 0 bridgehead atoms. The fraction of sp³-hybridized carbons (Fsp3) is 0.300. The number of amides is 1. The van der Waals surface area contributed by atoms with Crippen LogP contribution in [0.4, 0.5) is 5.69 Å². The van der Waals surface area contributed by atoms with Gasteiger partial charge in [-0.3, -0.25) is 14.9 Å². The summed E-state index contributed by atoms with van der Waals surface area (Å²) in [6.07, 6.45) is 0. The van der Waals surface area contributed by atoms with E-state index >= 15 is 0 Å². The molecule has 0 saturated carbocycles. The van der Waals surface area contributed by atoms with Crippen LogP contribution in [0.2, 0.25) is 0 Å². The van der Waals surface area contributed by atoms with Crippen molar-refractivity contribution < 1.29 is 9.72 Å². The highest BCUT2D eigenvalue weighted by atomic mass is 79.9. The number of halogens is 2. The summed E-state index contributed by atoms with van der Waals surface area (Å²) in [5.41, 5.74) is 0.199. The maximum Gasteiger partial charge on any atom is 0.271 e. The lowest BCUT2D eigenvalue weighted by Crippen LogP contribution is -2.28. The average molecular weight is 366 g/mol. The van der Waals surface area contributed by atoms with Crippen LogP contribution in [0.3, 0.4) is 0 Å². The van der Waals surface area contributed by atoms with Crippen LogP contribution in [0, 0.1) is 10.1 Å². The number of carbonyl (C=O) groups excluding carboxylic acids is 1. The number of carbonyl (C=O) groups is 1. The van der Waals surface area contributed by atoms with Crippen molar-refractivity contribution in [2.24, 2.45) is 0 Å². The first-order chi connectivity index (χ1) is 7.95. The van der Waals surface area contributed by atoms with Gasteiger partial charge >= 0.3 is 0 Å². The van der Waals surface area contributed by atoms with Gasteiger partial charge in [0.25, 0.3) is 11.6 Å². The Morgan fingerprint density at radius 3 is 2.65 bits per heavy atom. The molecule has 1 rings (SSSR count). The summed E-state index contributed by atoms with van der Waals surface area (Å²) >= 11 is 6.38. The molecule has 0 saturated heterocycles. The normalized spacial score (nSPS) is 10.1. The average Bonchev–Trinajstić information content (AvgIpc) is 2.27. The molecule has 0 radical (unpaired) electrons. The van der Waals surface area contributed by atoms with E-state index in [1.54, 1.807) is 13.1 Å². The van der Waals surface area contributed by atoms with Crippen molar-refractivity contribution in [1.82, 2.24) is 4.90 Å². The number of hydrogen-bond donors (Lipinski definition) is 0. The molecule has 0 unspecified atom stereocenters. The van der Waals surface area contributed by atoms with Crippen LogP contribution < -0.4 is 0 Å². The second kappa shape index (κ2) is 6.11. The Balaban J connectivity index is 3.05. The van der Waals surface area contributed by atoms with Crippen molar-refractivity contribution in [3.05, 3.63) is 38.3 Å². The van der Waals surface area contributed by atoms with Gasteiger partial charge in [0.1, 0.15) is 0 Å². The number of nitro benzene ring substituents is 1. The number of benzene rings is 1. The minimum Gasteiger partial charge on any atom is -0.341 e. The van der Waals surface area contributed by atoms with Crippen molar-refractivity contribution >= 4 is 43.5 Å². The Hall–Kier alpha value is -0.950. The summed E-state index contributed by atoms with van der Waals surface area (Å²) in [4.78, 5) is 23.6. The third kappa shape index (κ3) is 3.78. The summed E-state index contributed by atoms with van der Waals surface area (Å²) in [6, 6.07) is 4.21. The van der Waals surface area contributed by atoms with E-state index in [4.69, 9.17) is 0 Å². The van der Waals surface area contributed by atoms with Gasteiger partial charge < -0.3 is 4.90 Å². The summed E-state index contributed by atoms with van der Waals surface area (Å²) in [5.74, 6) is -0.242. The maximum absolute atomic E-state index is 11.9. The van der Waals surface area contributed by atoms with Gasteiger partial charge in [0, 0.05) is 41.1 Å². The Morgan fingerprint density at radius 1 is 1.47 bits per heavy atom. The van der Waals surface area contributed by atoms with Crippen LogP contribution in [0.25, 0.3) is 0 Å².